The van der Waals surface area contributed by atoms with Crippen molar-refractivity contribution in [3.63, 3.8) is 0 Å². The predicted molar refractivity (Wildman–Crippen MR) is 79.4 cm³/mol. The molecule has 1 rings (SSSR count). The second-order valence-electron chi connectivity index (χ2n) is 4.09. The molecule has 0 bridgehead atoms. The molecule has 0 spiro atoms. The first-order valence-corrected chi connectivity index (χ1v) is 8.22. The minimum Gasteiger partial charge on any atom is -0.351 e. The monoisotopic (exact) mass is 314 g/mol. The van der Waals surface area contributed by atoms with Crippen molar-refractivity contribution in [1.29, 1.82) is 0 Å². The van der Waals surface area contributed by atoms with Gasteiger partial charge in [0.2, 0.25) is 0 Å². The minimum atomic E-state index is -3.10. The molecule has 1 amide bonds. The topological polar surface area (TPSA) is 89.3 Å². The summed E-state index contributed by atoms with van der Waals surface area (Å²) in [7, 11) is -3.10. The number of sulfone groups is 1. The molecule has 5 nitrogen and oxygen atoms in total. The fourth-order valence-electron chi connectivity index (χ4n) is 1.36. The van der Waals surface area contributed by atoms with E-state index < -0.39 is 9.84 Å². The Hall–Kier alpha value is -1.55. The van der Waals surface area contributed by atoms with Crippen LogP contribution in [0.4, 0.5) is 0 Å². The molecule has 7 heteroatoms. The van der Waals surface area contributed by atoms with Crippen molar-refractivity contribution in [2.75, 3.05) is 25.1 Å². The Balaban J connectivity index is 2.73. The summed E-state index contributed by atoms with van der Waals surface area (Å²) in [5.41, 5.74) is 6.20. The van der Waals surface area contributed by atoms with E-state index in [1.54, 1.807) is 12.1 Å². The smallest absolute Gasteiger partial charge is 0.251 e. The van der Waals surface area contributed by atoms with Crippen LogP contribution in [-0.4, -0.2) is 39.4 Å². The third-order valence-electron chi connectivity index (χ3n) is 2.31. The summed E-state index contributed by atoms with van der Waals surface area (Å²) in [5.74, 6) is 4.97. The summed E-state index contributed by atoms with van der Waals surface area (Å²) in [6, 6.07) is 4.68. The summed E-state index contributed by atoms with van der Waals surface area (Å²) in [6.07, 6.45) is 1.11. The van der Waals surface area contributed by atoms with Crippen molar-refractivity contribution < 1.29 is 13.2 Å². The van der Waals surface area contributed by atoms with Gasteiger partial charge in [-0.2, -0.15) is 0 Å². The quantitative estimate of drug-likeness (QED) is 0.788. The van der Waals surface area contributed by atoms with Crippen molar-refractivity contribution >= 4 is 27.3 Å². The van der Waals surface area contributed by atoms with Crippen molar-refractivity contribution in [1.82, 2.24) is 5.32 Å². The Bertz CT molecular complexity index is 660. The number of hydrogen-bond acceptors (Lipinski definition) is 4. The molecule has 20 heavy (non-hydrogen) atoms. The van der Waals surface area contributed by atoms with E-state index >= 15 is 0 Å². The Labute approximate surface area is 123 Å². The second-order valence-corrected chi connectivity index (χ2v) is 6.75. The van der Waals surface area contributed by atoms with Crippen LogP contribution >= 0.6 is 11.6 Å². The van der Waals surface area contributed by atoms with Crippen LogP contribution < -0.4 is 11.1 Å². The van der Waals surface area contributed by atoms with E-state index in [9.17, 15) is 13.2 Å². The Morgan fingerprint density at radius 3 is 2.70 bits per heavy atom. The molecule has 1 aromatic rings. The third kappa shape index (κ3) is 5.61. The summed E-state index contributed by atoms with van der Waals surface area (Å²) in [6.45, 7) is 0.286. The van der Waals surface area contributed by atoms with Crippen LogP contribution in [0, 0.1) is 11.8 Å². The van der Waals surface area contributed by atoms with Crippen LogP contribution in [0.5, 0.6) is 0 Å². The SMILES string of the molecule is CS(=O)(=O)CCNC(=O)c1ccc(C#CCN)c(Cl)c1. The molecule has 0 saturated heterocycles. The van der Waals surface area contributed by atoms with Gasteiger partial charge in [0.25, 0.3) is 5.91 Å². The fourth-order valence-corrected chi connectivity index (χ4v) is 2.06. The maximum atomic E-state index is 11.8. The van der Waals surface area contributed by atoms with Gasteiger partial charge in [-0.05, 0) is 18.2 Å². The first-order chi connectivity index (χ1) is 9.33. The van der Waals surface area contributed by atoms with Gasteiger partial charge in [-0.3, -0.25) is 4.79 Å². The lowest BCUT2D eigenvalue weighted by Crippen LogP contribution is -2.28. The lowest BCUT2D eigenvalue weighted by atomic mass is 10.1. The van der Waals surface area contributed by atoms with Gasteiger partial charge in [-0.1, -0.05) is 23.4 Å². The highest BCUT2D eigenvalue weighted by Crippen LogP contribution is 2.16. The molecule has 1 aromatic carbocycles. The van der Waals surface area contributed by atoms with Crippen LogP contribution in [-0.2, 0) is 9.84 Å². The first kappa shape index (κ1) is 16.5. The second kappa shape index (κ2) is 7.29. The molecular formula is C13H15ClN2O3S. The van der Waals surface area contributed by atoms with E-state index in [4.69, 9.17) is 17.3 Å². The molecule has 108 valence electrons. The average Bonchev–Trinajstić information content (AvgIpc) is 2.35. The van der Waals surface area contributed by atoms with Crippen molar-refractivity contribution in [3.05, 3.63) is 34.3 Å². The highest BCUT2D eigenvalue weighted by Gasteiger charge is 2.09. The average molecular weight is 315 g/mol. The summed E-state index contributed by atoms with van der Waals surface area (Å²) < 4.78 is 21.9. The Morgan fingerprint density at radius 2 is 2.15 bits per heavy atom. The van der Waals surface area contributed by atoms with E-state index in [1.165, 1.54) is 6.07 Å². The van der Waals surface area contributed by atoms with Gasteiger partial charge in [-0.25, -0.2) is 8.42 Å². The third-order valence-corrected chi connectivity index (χ3v) is 3.57. The Kier molecular flexibility index (Phi) is 6.02. The van der Waals surface area contributed by atoms with Gasteiger partial charge in [0.1, 0.15) is 9.84 Å². The molecular weight excluding hydrogens is 300 g/mol. The van der Waals surface area contributed by atoms with E-state index in [0.29, 0.717) is 16.1 Å². The lowest BCUT2D eigenvalue weighted by molar-refractivity contribution is 0.0956. The Morgan fingerprint density at radius 1 is 1.45 bits per heavy atom. The van der Waals surface area contributed by atoms with Gasteiger partial charge in [0.05, 0.1) is 17.3 Å². The maximum Gasteiger partial charge on any atom is 0.251 e. The number of nitrogens with two attached hydrogens (primary N) is 1. The molecule has 0 atom stereocenters. The van der Waals surface area contributed by atoms with Crippen LogP contribution in [0.3, 0.4) is 0 Å². The largest absolute Gasteiger partial charge is 0.351 e. The zero-order valence-electron chi connectivity index (χ0n) is 10.9. The lowest BCUT2D eigenvalue weighted by Gasteiger charge is -2.05. The minimum absolute atomic E-state index is 0.0595. The van der Waals surface area contributed by atoms with Crippen molar-refractivity contribution in [3.8, 4) is 11.8 Å². The zero-order valence-corrected chi connectivity index (χ0v) is 12.5. The molecule has 0 aromatic heterocycles. The normalized spacial score (nSPS) is 10.6. The van der Waals surface area contributed by atoms with Crippen molar-refractivity contribution in [2.24, 2.45) is 5.73 Å². The predicted octanol–water partition coefficient (Wildman–Crippen LogP) is 0.425. The zero-order chi connectivity index (χ0) is 15.2. The van der Waals surface area contributed by atoms with E-state index in [0.717, 1.165) is 6.26 Å². The van der Waals surface area contributed by atoms with Gasteiger partial charge in [0.15, 0.2) is 0 Å². The van der Waals surface area contributed by atoms with E-state index in [1.807, 2.05) is 0 Å². The van der Waals surface area contributed by atoms with Crippen LogP contribution in [0.2, 0.25) is 5.02 Å². The number of amides is 1. The van der Waals surface area contributed by atoms with Crippen molar-refractivity contribution in [2.45, 2.75) is 0 Å². The van der Waals surface area contributed by atoms with Gasteiger partial charge in [0, 0.05) is 23.9 Å². The molecule has 0 aliphatic carbocycles. The number of rotatable bonds is 4. The van der Waals surface area contributed by atoms with Gasteiger partial charge in [-0.15, -0.1) is 0 Å². The van der Waals surface area contributed by atoms with Crippen LogP contribution in [0.15, 0.2) is 18.2 Å². The first-order valence-electron chi connectivity index (χ1n) is 5.78. The molecule has 0 heterocycles. The molecule has 0 unspecified atom stereocenters. The standard InChI is InChI=1S/C13H15ClN2O3S/c1-20(18,19)8-7-16-13(17)11-5-4-10(3-2-6-15)12(14)9-11/h4-5,9H,6-8,15H2,1H3,(H,16,17). The number of carbonyl (C=O) groups excluding carboxylic acids is 1. The number of carbonyl (C=O) groups is 1. The molecule has 0 saturated carbocycles. The summed E-state index contributed by atoms with van der Waals surface area (Å²) in [5, 5.41) is 2.86. The molecule has 0 fully saturated rings. The summed E-state index contributed by atoms with van der Waals surface area (Å²) >= 11 is 6.00. The number of hydrogen-bond donors (Lipinski definition) is 2. The number of nitrogens with one attached hydrogen (secondary N) is 1. The molecule has 0 aliphatic heterocycles. The molecule has 0 radical (unpaired) electrons. The van der Waals surface area contributed by atoms with Crippen LogP contribution in [0.25, 0.3) is 0 Å². The number of benzene rings is 1. The van der Waals surface area contributed by atoms with Crippen LogP contribution in [0.1, 0.15) is 15.9 Å². The molecule has 0 aliphatic rings. The van der Waals surface area contributed by atoms with E-state index in [-0.39, 0.29) is 24.7 Å². The van der Waals surface area contributed by atoms with Gasteiger partial charge < -0.3 is 11.1 Å². The highest BCUT2D eigenvalue weighted by atomic mass is 35.5. The summed E-state index contributed by atoms with van der Waals surface area (Å²) in [4.78, 5) is 11.8. The number of halogens is 1. The van der Waals surface area contributed by atoms with Gasteiger partial charge >= 0.3 is 0 Å². The maximum absolute atomic E-state index is 11.8. The fraction of sp³-hybridized carbons (Fsp3) is 0.308. The van der Waals surface area contributed by atoms with E-state index in [2.05, 4.69) is 17.2 Å². The molecule has 3 N–H and O–H groups in total. The highest BCUT2D eigenvalue weighted by molar-refractivity contribution is 7.90.